The second-order valence-electron chi connectivity index (χ2n) is 6.71. The van der Waals surface area contributed by atoms with Gasteiger partial charge in [0, 0.05) is 43.9 Å². The highest BCUT2D eigenvalue weighted by atomic mass is 16.5. The molecular weight excluding hydrogens is 282 g/mol. The third-order valence-electron chi connectivity index (χ3n) is 4.34. The predicted molar refractivity (Wildman–Crippen MR) is 80.4 cm³/mol. The summed E-state index contributed by atoms with van der Waals surface area (Å²) >= 11 is 0. The molecule has 1 atom stereocenters. The van der Waals surface area contributed by atoms with Gasteiger partial charge >= 0.3 is 0 Å². The van der Waals surface area contributed by atoms with E-state index < -0.39 is 0 Å². The maximum absolute atomic E-state index is 12.5. The van der Waals surface area contributed by atoms with Crippen LogP contribution < -0.4 is 0 Å². The Kier molecular flexibility index (Phi) is 4.76. The fourth-order valence-electron chi connectivity index (χ4n) is 2.81. The minimum Gasteiger partial charge on any atom is -0.381 e. The van der Waals surface area contributed by atoms with Gasteiger partial charge in [0.2, 0.25) is 11.8 Å². The molecule has 3 rings (SSSR count). The van der Waals surface area contributed by atoms with Crippen LogP contribution in [0.25, 0.3) is 0 Å². The number of hydrogen-bond donors (Lipinski definition) is 0. The molecule has 22 heavy (non-hydrogen) atoms. The normalized spacial score (nSPS) is 21.5. The first-order chi connectivity index (χ1) is 10.6. The van der Waals surface area contributed by atoms with Crippen molar-refractivity contribution in [3.05, 3.63) is 11.7 Å². The van der Waals surface area contributed by atoms with Gasteiger partial charge in [0.25, 0.3) is 0 Å². The van der Waals surface area contributed by atoms with Crippen LogP contribution in [0.2, 0.25) is 0 Å². The number of amides is 1. The first kappa shape index (κ1) is 15.5. The molecule has 0 bridgehead atoms. The molecule has 2 aliphatic rings. The van der Waals surface area contributed by atoms with Crippen molar-refractivity contribution < 1.29 is 14.1 Å². The summed E-state index contributed by atoms with van der Waals surface area (Å²) < 4.78 is 10.6. The maximum Gasteiger partial charge on any atom is 0.227 e. The zero-order valence-electron chi connectivity index (χ0n) is 13.5. The number of carbonyl (C=O) groups is 1. The van der Waals surface area contributed by atoms with Crippen molar-refractivity contribution >= 4 is 5.91 Å². The molecule has 0 N–H and O–H groups in total. The standard InChI is InChI=1S/C16H25N3O3/c1-11(2)16-17-14(22-18-16)5-6-15(20)19(13-3-4-13)9-12-7-8-21-10-12/h11-13H,3-10H2,1-2H3/t12-/m1/s1. The van der Waals surface area contributed by atoms with E-state index in [2.05, 4.69) is 15.0 Å². The Morgan fingerprint density at radius 1 is 1.36 bits per heavy atom. The van der Waals surface area contributed by atoms with Crippen LogP contribution in [0.15, 0.2) is 4.52 Å². The first-order valence-electron chi connectivity index (χ1n) is 8.33. The SMILES string of the molecule is CC(C)c1noc(CCC(=O)N(C[C@H]2CCOC2)C2CC2)n1. The number of carbonyl (C=O) groups excluding carboxylic acids is 1. The monoisotopic (exact) mass is 307 g/mol. The number of aromatic nitrogens is 2. The van der Waals surface area contributed by atoms with Gasteiger partial charge in [-0.05, 0) is 19.3 Å². The molecule has 0 aromatic carbocycles. The van der Waals surface area contributed by atoms with E-state index in [1.807, 2.05) is 13.8 Å². The molecule has 6 nitrogen and oxygen atoms in total. The van der Waals surface area contributed by atoms with E-state index in [0.717, 1.165) is 39.0 Å². The van der Waals surface area contributed by atoms with E-state index in [1.54, 1.807) is 0 Å². The van der Waals surface area contributed by atoms with Gasteiger partial charge in [-0.15, -0.1) is 0 Å². The molecular formula is C16H25N3O3. The highest BCUT2D eigenvalue weighted by Crippen LogP contribution is 2.29. The van der Waals surface area contributed by atoms with Crippen LogP contribution in [0.3, 0.4) is 0 Å². The Bertz CT molecular complexity index is 504. The average Bonchev–Trinajstić information content (AvgIpc) is 3.02. The van der Waals surface area contributed by atoms with Gasteiger partial charge in [-0.25, -0.2) is 0 Å². The van der Waals surface area contributed by atoms with Gasteiger partial charge in [-0.3, -0.25) is 4.79 Å². The minimum absolute atomic E-state index is 0.207. The summed E-state index contributed by atoms with van der Waals surface area (Å²) in [5.74, 6) is 2.24. The van der Waals surface area contributed by atoms with Crippen LogP contribution in [0.5, 0.6) is 0 Å². The van der Waals surface area contributed by atoms with Crippen LogP contribution >= 0.6 is 0 Å². The zero-order chi connectivity index (χ0) is 15.5. The number of rotatable bonds is 7. The molecule has 1 amide bonds. The molecule has 6 heteroatoms. The van der Waals surface area contributed by atoms with E-state index in [-0.39, 0.29) is 11.8 Å². The van der Waals surface area contributed by atoms with Gasteiger partial charge in [0.1, 0.15) is 0 Å². The van der Waals surface area contributed by atoms with Crippen molar-refractivity contribution in [3.63, 3.8) is 0 Å². The Morgan fingerprint density at radius 2 is 2.18 bits per heavy atom. The van der Waals surface area contributed by atoms with Crippen molar-refractivity contribution in [2.24, 2.45) is 5.92 Å². The lowest BCUT2D eigenvalue weighted by molar-refractivity contribution is -0.132. The van der Waals surface area contributed by atoms with Crippen LogP contribution in [0.4, 0.5) is 0 Å². The molecule has 0 radical (unpaired) electrons. The van der Waals surface area contributed by atoms with Crippen molar-refractivity contribution in [3.8, 4) is 0 Å². The second kappa shape index (κ2) is 6.77. The molecule has 1 aliphatic heterocycles. The molecule has 1 aromatic rings. The summed E-state index contributed by atoms with van der Waals surface area (Å²) in [4.78, 5) is 18.9. The molecule has 0 spiro atoms. The van der Waals surface area contributed by atoms with Crippen molar-refractivity contribution in [2.75, 3.05) is 19.8 Å². The van der Waals surface area contributed by atoms with E-state index in [9.17, 15) is 4.79 Å². The first-order valence-corrected chi connectivity index (χ1v) is 8.33. The molecule has 1 saturated carbocycles. The topological polar surface area (TPSA) is 68.5 Å². The summed E-state index contributed by atoms with van der Waals surface area (Å²) in [5.41, 5.74) is 0. The Labute approximate surface area is 131 Å². The summed E-state index contributed by atoms with van der Waals surface area (Å²) in [6, 6.07) is 0.446. The number of hydrogen-bond acceptors (Lipinski definition) is 5. The van der Waals surface area contributed by atoms with Gasteiger partial charge < -0.3 is 14.2 Å². The quantitative estimate of drug-likeness (QED) is 0.772. The molecule has 1 aromatic heterocycles. The summed E-state index contributed by atoms with van der Waals surface area (Å²) in [7, 11) is 0. The third kappa shape index (κ3) is 3.85. The number of nitrogens with zero attached hydrogens (tertiary/aromatic N) is 3. The third-order valence-corrected chi connectivity index (χ3v) is 4.34. The Morgan fingerprint density at radius 3 is 2.77 bits per heavy atom. The zero-order valence-corrected chi connectivity index (χ0v) is 13.5. The van der Waals surface area contributed by atoms with Gasteiger partial charge in [-0.1, -0.05) is 19.0 Å². The van der Waals surface area contributed by atoms with E-state index in [4.69, 9.17) is 9.26 Å². The number of aryl methyl sites for hydroxylation is 1. The molecule has 1 aliphatic carbocycles. The average molecular weight is 307 g/mol. The number of ether oxygens (including phenoxy) is 1. The molecule has 122 valence electrons. The highest BCUT2D eigenvalue weighted by molar-refractivity contribution is 5.77. The molecule has 2 fully saturated rings. The summed E-state index contributed by atoms with van der Waals surface area (Å²) in [5, 5.41) is 3.94. The predicted octanol–water partition coefficient (Wildman–Crippen LogP) is 2.15. The molecule has 2 heterocycles. The minimum atomic E-state index is 0.207. The summed E-state index contributed by atoms with van der Waals surface area (Å²) in [6.45, 7) is 6.51. The van der Waals surface area contributed by atoms with Crippen LogP contribution in [0.1, 0.15) is 57.2 Å². The van der Waals surface area contributed by atoms with Crippen LogP contribution in [-0.2, 0) is 16.0 Å². The van der Waals surface area contributed by atoms with Gasteiger partial charge in [-0.2, -0.15) is 4.98 Å². The van der Waals surface area contributed by atoms with Gasteiger partial charge in [0.05, 0.1) is 6.61 Å². The lowest BCUT2D eigenvalue weighted by atomic mass is 10.1. The van der Waals surface area contributed by atoms with Crippen molar-refractivity contribution in [2.45, 2.75) is 57.9 Å². The Hall–Kier alpha value is -1.43. The molecule has 0 unspecified atom stereocenters. The van der Waals surface area contributed by atoms with Crippen LogP contribution in [-0.4, -0.2) is 46.7 Å². The largest absolute Gasteiger partial charge is 0.381 e. The van der Waals surface area contributed by atoms with E-state index in [0.29, 0.717) is 36.5 Å². The van der Waals surface area contributed by atoms with E-state index >= 15 is 0 Å². The molecule has 1 saturated heterocycles. The highest BCUT2D eigenvalue weighted by Gasteiger charge is 2.34. The summed E-state index contributed by atoms with van der Waals surface area (Å²) in [6.07, 6.45) is 4.32. The maximum atomic E-state index is 12.5. The van der Waals surface area contributed by atoms with Gasteiger partial charge in [0.15, 0.2) is 5.82 Å². The van der Waals surface area contributed by atoms with E-state index in [1.165, 1.54) is 0 Å². The smallest absolute Gasteiger partial charge is 0.227 e. The Balaban J connectivity index is 1.51. The van der Waals surface area contributed by atoms with Crippen molar-refractivity contribution in [1.82, 2.24) is 15.0 Å². The lowest BCUT2D eigenvalue weighted by Crippen LogP contribution is -2.37. The van der Waals surface area contributed by atoms with Crippen molar-refractivity contribution in [1.29, 1.82) is 0 Å². The van der Waals surface area contributed by atoms with Crippen LogP contribution in [0, 0.1) is 5.92 Å². The fourth-order valence-corrected chi connectivity index (χ4v) is 2.81. The second-order valence-corrected chi connectivity index (χ2v) is 6.71. The fraction of sp³-hybridized carbons (Fsp3) is 0.812. The lowest BCUT2D eigenvalue weighted by Gasteiger charge is -2.25.